The molecule has 0 radical (unpaired) electrons. The number of hydrogen-bond acceptors (Lipinski definition) is 8. The van der Waals surface area contributed by atoms with Gasteiger partial charge in [0.25, 0.3) is 0 Å². The molecule has 9 heteroatoms. The van der Waals surface area contributed by atoms with E-state index in [0.717, 1.165) is 81.6 Å². The molecule has 208 valence electrons. The van der Waals surface area contributed by atoms with Crippen molar-refractivity contribution in [3.05, 3.63) is 40.7 Å². The van der Waals surface area contributed by atoms with E-state index in [1.807, 2.05) is 31.3 Å². The second-order valence-corrected chi connectivity index (χ2v) is 12.8. The first kappa shape index (κ1) is 27.5. The fourth-order valence-corrected chi connectivity index (χ4v) is 8.27. The van der Waals surface area contributed by atoms with E-state index in [0.29, 0.717) is 6.54 Å². The van der Waals surface area contributed by atoms with Crippen LogP contribution < -0.4 is 10.6 Å². The summed E-state index contributed by atoms with van der Waals surface area (Å²) < 4.78 is 5.41. The molecule has 3 N–H and O–H groups in total. The summed E-state index contributed by atoms with van der Waals surface area (Å²) in [7, 11) is 0. The van der Waals surface area contributed by atoms with Crippen LogP contribution in [-0.4, -0.2) is 77.9 Å². The Bertz CT molecular complexity index is 1080. The third-order valence-electron chi connectivity index (χ3n) is 9.19. The summed E-state index contributed by atoms with van der Waals surface area (Å²) in [5, 5.41) is 19.3. The van der Waals surface area contributed by atoms with Crippen LogP contribution >= 0.6 is 11.3 Å². The van der Waals surface area contributed by atoms with Crippen molar-refractivity contribution in [1.82, 2.24) is 20.2 Å². The molecule has 0 unspecified atom stereocenters. The molecule has 1 saturated carbocycles. The van der Waals surface area contributed by atoms with Crippen LogP contribution in [0.25, 0.3) is 0 Å². The molecular weight excluding hydrogens is 498 g/mol. The summed E-state index contributed by atoms with van der Waals surface area (Å²) in [4.78, 5) is 26.1. The first-order valence-electron chi connectivity index (χ1n) is 14.2. The number of anilines is 1. The number of pyridine rings is 1. The number of aromatic nitrogens is 2. The predicted octanol–water partition coefficient (Wildman–Crippen LogP) is 3.33. The van der Waals surface area contributed by atoms with Crippen LogP contribution in [0, 0.1) is 23.2 Å². The van der Waals surface area contributed by atoms with Crippen LogP contribution in [0.3, 0.4) is 0 Å². The van der Waals surface area contributed by atoms with Crippen LogP contribution in [-0.2, 0) is 22.4 Å². The van der Waals surface area contributed by atoms with Gasteiger partial charge in [-0.1, -0.05) is 26.8 Å². The Hall–Kier alpha value is -2.07. The minimum atomic E-state index is -0.515. The van der Waals surface area contributed by atoms with Gasteiger partial charge in [-0.3, -0.25) is 14.7 Å². The van der Waals surface area contributed by atoms with Gasteiger partial charge in [0.1, 0.15) is 0 Å². The largest absolute Gasteiger partial charge is 0.392 e. The van der Waals surface area contributed by atoms with Crippen LogP contribution in [0.15, 0.2) is 24.4 Å². The Labute approximate surface area is 230 Å². The maximum atomic E-state index is 13.1. The van der Waals surface area contributed by atoms with Gasteiger partial charge < -0.3 is 20.5 Å². The molecule has 2 fully saturated rings. The number of aliphatic hydroxyl groups excluding tert-OH is 1. The zero-order chi connectivity index (χ0) is 26.7. The number of carbonyl (C=O) groups is 1. The molecule has 3 heterocycles. The van der Waals surface area contributed by atoms with Crippen LogP contribution in [0.5, 0.6) is 0 Å². The Morgan fingerprint density at radius 1 is 1.32 bits per heavy atom. The van der Waals surface area contributed by atoms with Crippen molar-refractivity contribution in [3.8, 4) is 0 Å². The third-order valence-corrected chi connectivity index (χ3v) is 10.2. The molecule has 1 amide bonds. The molecule has 0 spiro atoms. The quantitative estimate of drug-likeness (QED) is 0.448. The molecule has 38 heavy (non-hydrogen) atoms. The highest BCUT2D eigenvalue weighted by Crippen LogP contribution is 2.57. The first-order valence-corrected chi connectivity index (χ1v) is 15.1. The fourth-order valence-electron chi connectivity index (χ4n) is 6.98. The van der Waals surface area contributed by atoms with Gasteiger partial charge in [-0.05, 0) is 48.6 Å². The Morgan fingerprint density at radius 2 is 2.13 bits per heavy atom. The van der Waals surface area contributed by atoms with Crippen molar-refractivity contribution in [2.45, 2.75) is 58.5 Å². The first-order chi connectivity index (χ1) is 18.4. The molecule has 1 aliphatic heterocycles. The van der Waals surface area contributed by atoms with Crippen molar-refractivity contribution in [3.63, 3.8) is 0 Å². The molecule has 0 aromatic carbocycles. The molecule has 5 rings (SSSR count). The highest BCUT2D eigenvalue weighted by atomic mass is 32.1. The maximum Gasteiger partial charge on any atom is 0.223 e. The number of ether oxygens (including phenoxy) is 1. The summed E-state index contributed by atoms with van der Waals surface area (Å²) in [6.07, 6.45) is 5.01. The fraction of sp³-hybridized carbons (Fsp3) is 0.690. The number of morpholine rings is 1. The van der Waals surface area contributed by atoms with Gasteiger partial charge in [0.05, 0.1) is 25.0 Å². The zero-order valence-corrected chi connectivity index (χ0v) is 23.8. The van der Waals surface area contributed by atoms with Crippen LogP contribution in [0.4, 0.5) is 5.13 Å². The normalized spacial score (nSPS) is 30.2. The lowest BCUT2D eigenvalue weighted by Gasteiger charge is -2.53. The molecule has 2 aliphatic carbocycles. The van der Waals surface area contributed by atoms with E-state index in [1.54, 1.807) is 11.3 Å². The lowest BCUT2D eigenvalue weighted by molar-refractivity contribution is -0.134. The molecule has 3 aliphatic rings. The second-order valence-electron chi connectivity index (χ2n) is 11.7. The number of hydrogen-bond donors (Lipinski definition) is 3. The summed E-state index contributed by atoms with van der Waals surface area (Å²) in [5.41, 5.74) is 2.22. The van der Waals surface area contributed by atoms with E-state index in [4.69, 9.17) is 9.72 Å². The lowest BCUT2D eigenvalue weighted by Crippen LogP contribution is -2.53. The number of amides is 1. The van der Waals surface area contributed by atoms with Crippen molar-refractivity contribution < 1.29 is 14.6 Å². The number of carbonyl (C=O) groups excluding carboxylic acids is 1. The SMILES string of the molecule is C[C@H](C(=O)NCCN1CCOCC1)[C@H]1CC[C@@]2(C)Cc3sc(NCCc4ccccn4)nc3[C@@H](C)[C@@H]2[C@H]1O. The van der Waals surface area contributed by atoms with E-state index >= 15 is 0 Å². The maximum absolute atomic E-state index is 13.1. The number of aliphatic hydroxyl groups is 1. The molecular formula is C29H43N5O3S. The lowest BCUT2D eigenvalue weighted by atomic mass is 9.53. The standard InChI is InChI=1S/C29H43N5O3S/c1-19(27(36)31-12-13-34-14-16-37-17-15-34)22-7-9-29(3)18-23-25(20(2)24(29)26(22)35)33-28(38-23)32-11-8-21-6-4-5-10-30-21/h4-6,10,19-20,22,24,26,35H,7-9,11-18H2,1-3H3,(H,31,36)(H,32,33)/t19-,20-,22+,24+,26-,29-/m0/s1. The topological polar surface area (TPSA) is 99.6 Å². The van der Waals surface area contributed by atoms with Crippen molar-refractivity contribution in [2.75, 3.05) is 51.3 Å². The zero-order valence-electron chi connectivity index (χ0n) is 23.0. The smallest absolute Gasteiger partial charge is 0.223 e. The molecule has 6 atom stereocenters. The number of nitrogens with zero attached hydrogens (tertiary/aromatic N) is 3. The van der Waals surface area contributed by atoms with E-state index in [9.17, 15) is 9.90 Å². The summed E-state index contributed by atoms with van der Waals surface area (Å²) in [6.45, 7) is 12.2. The number of rotatable bonds is 9. The Kier molecular flexibility index (Phi) is 8.67. The molecule has 2 aromatic heterocycles. The van der Waals surface area contributed by atoms with E-state index in [2.05, 4.69) is 34.4 Å². The number of fused-ring (bicyclic) bond motifs is 2. The number of nitrogens with one attached hydrogen (secondary N) is 2. The van der Waals surface area contributed by atoms with Crippen molar-refractivity contribution in [2.24, 2.45) is 23.2 Å². The average Bonchev–Trinajstić information content (AvgIpc) is 3.32. The monoisotopic (exact) mass is 541 g/mol. The third kappa shape index (κ3) is 5.91. The van der Waals surface area contributed by atoms with Crippen molar-refractivity contribution in [1.29, 1.82) is 0 Å². The average molecular weight is 542 g/mol. The number of thiazole rings is 1. The van der Waals surface area contributed by atoms with Gasteiger partial charge >= 0.3 is 0 Å². The van der Waals surface area contributed by atoms with Gasteiger partial charge in [-0.2, -0.15) is 0 Å². The van der Waals surface area contributed by atoms with Gasteiger partial charge in [-0.25, -0.2) is 4.98 Å². The van der Waals surface area contributed by atoms with Crippen LogP contribution in [0.1, 0.15) is 55.8 Å². The van der Waals surface area contributed by atoms with Gasteiger partial charge in [0.15, 0.2) is 5.13 Å². The van der Waals surface area contributed by atoms with E-state index in [-0.39, 0.29) is 35.0 Å². The highest BCUT2D eigenvalue weighted by Gasteiger charge is 2.53. The van der Waals surface area contributed by atoms with E-state index in [1.165, 1.54) is 4.88 Å². The molecule has 8 nitrogen and oxygen atoms in total. The van der Waals surface area contributed by atoms with E-state index < -0.39 is 6.10 Å². The van der Waals surface area contributed by atoms with Gasteiger partial charge in [0.2, 0.25) is 5.91 Å². The Morgan fingerprint density at radius 3 is 2.89 bits per heavy atom. The van der Waals surface area contributed by atoms with Gasteiger partial charge in [-0.15, -0.1) is 11.3 Å². The minimum Gasteiger partial charge on any atom is -0.392 e. The second kappa shape index (κ2) is 12.0. The summed E-state index contributed by atoms with van der Waals surface area (Å²) in [6, 6.07) is 6.00. The van der Waals surface area contributed by atoms with Gasteiger partial charge in [0, 0.05) is 67.7 Å². The molecule has 1 saturated heterocycles. The molecule has 0 bridgehead atoms. The minimum absolute atomic E-state index is 0.0205. The summed E-state index contributed by atoms with van der Waals surface area (Å²) >= 11 is 1.76. The Balaban J connectivity index is 1.19. The van der Waals surface area contributed by atoms with Crippen LogP contribution in [0.2, 0.25) is 0 Å². The highest BCUT2D eigenvalue weighted by molar-refractivity contribution is 7.15. The molecule has 2 aromatic rings. The predicted molar refractivity (Wildman–Crippen MR) is 150 cm³/mol. The summed E-state index contributed by atoms with van der Waals surface area (Å²) in [5.74, 6) is 0.0619. The van der Waals surface area contributed by atoms with Crippen molar-refractivity contribution >= 4 is 22.4 Å².